The first-order chi connectivity index (χ1) is 9.13. The summed E-state index contributed by atoms with van der Waals surface area (Å²) in [5, 5.41) is 14.3. The maximum Gasteiger partial charge on any atom is 0.321 e. The van der Waals surface area contributed by atoms with Gasteiger partial charge in [0.15, 0.2) is 11.9 Å². The van der Waals surface area contributed by atoms with Gasteiger partial charge in [-0.25, -0.2) is 4.79 Å². The normalized spacial score (nSPS) is 15.2. The summed E-state index contributed by atoms with van der Waals surface area (Å²) in [7, 11) is 0. The van der Waals surface area contributed by atoms with E-state index < -0.39 is 11.9 Å². The first kappa shape index (κ1) is 13.3. The molecule has 0 aromatic carbocycles. The summed E-state index contributed by atoms with van der Waals surface area (Å²) >= 11 is 0. The van der Waals surface area contributed by atoms with Gasteiger partial charge in [0.05, 0.1) is 0 Å². The quantitative estimate of drug-likeness (QED) is 0.693. The molecule has 1 aromatic heterocycles. The van der Waals surface area contributed by atoms with E-state index in [4.69, 9.17) is 0 Å². The molecule has 2 rings (SSSR count). The van der Waals surface area contributed by atoms with Crippen molar-refractivity contribution in [3.05, 3.63) is 24.5 Å². The maximum atomic E-state index is 11.6. The van der Waals surface area contributed by atoms with Crippen molar-refractivity contribution in [1.82, 2.24) is 10.6 Å². The van der Waals surface area contributed by atoms with Gasteiger partial charge in [-0.1, -0.05) is 12.8 Å². The first-order valence-corrected chi connectivity index (χ1v) is 6.42. The Bertz CT molecular complexity index is 470. The number of hydrogen-bond donors (Lipinski definition) is 3. The number of nitrogens with one attached hydrogen (secondary N) is 2. The number of aromatic hydroxyl groups is 1. The summed E-state index contributed by atoms with van der Waals surface area (Å²) in [6.45, 7) is -0.00745. The van der Waals surface area contributed by atoms with Crippen LogP contribution in [-0.2, 0) is 11.3 Å². The number of carbonyl (C=O) groups excluding carboxylic acids is 2. The molecule has 1 aliphatic rings. The highest BCUT2D eigenvalue weighted by molar-refractivity contribution is 5.93. The average molecular weight is 264 g/mol. The molecule has 0 saturated heterocycles. The highest BCUT2D eigenvalue weighted by atomic mass is 16.3. The first-order valence-electron chi connectivity index (χ1n) is 6.42. The molecule has 102 valence electrons. The van der Waals surface area contributed by atoms with E-state index in [1.807, 2.05) is 0 Å². The van der Waals surface area contributed by atoms with Crippen LogP contribution in [0.15, 0.2) is 24.5 Å². The van der Waals surface area contributed by atoms with Gasteiger partial charge in [0.25, 0.3) is 5.91 Å². The number of hydrogen-bond acceptors (Lipinski definition) is 3. The summed E-state index contributed by atoms with van der Waals surface area (Å²) in [6, 6.07) is 2.88. The van der Waals surface area contributed by atoms with Crippen LogP contribution in [0.4, 0.5) is 4.79 Å². The van der Waals surface area contributed by atoms with Gasteiger partial charge in [-0.3, -0.25) is 10.1 Å². The Kier molecular flexibility index (Phi) is 4.33. The average Bonchev–Trinajstić information content (AvgIpc) is 2.81. The Morgan fingerprint density at radius 3 is 2.79 bits per heavy atom. The van der Waals surface area contributed by atoms with Crippen molar-refractivity contribution >= 4 is 11.9 Å². The molecule has 3 amide bonds. The molecule has 1 saturated carbocycles. The molecule has 0 radical (unpaired) electrons. The number of urea groups is 1. The van der Waals surface area contributed by atoms with Crippen molar-refractivity contribution in [3.8, 4) is 5.75 Å². The van der Waals surface area contributed by atoms with E-state index in [1.165, 1.54) is 16.8 Å². The third kappa shape index (κ3) is 4.24. The Balaban J connectivity index is 1.78. The van der Waals surface area contributed by atoms with Gasteiger partial charge in [0.1, 0.15) is 0 Å². The molecule has 1 fully saturated rings. The Labute approximate surface area is 111 Å². The van der Waals surface area contributed by atoms with Crippen LogP contribution >= 0.6 is 0 Å². The minimum absolute atomic E-state index is 0.00745. The predicted octanol–water partition coefficient (Wildman–Crippen LogP) is 0.448. The fourth-order valence-corrected chi connectivity index (χ4v) is 2.23. The lowest BCUT2D eigenvalue weighted by Crippen LogP contribution is -2.48. The van der Waals surface area contributed by atoms with Gasteiger partial charge in [0, 0.05) is 12.1 Å². The standard InChI is InChI=1S/C13H17N3O3/c17-11-6-3-7-16(8-11)9-12(18)15-13(19)14-10-4-1-2-5-10/h3,6-8,10H,1-2,4-5,9H2,(H2-,14,15,17,18,19)/p+1. The van der Waals surface area contributed by atoms with Crippen LogP contribution in [-0.4, -0.2) is 23.1 Å². The van der Waals surface area contributed by atoms with Gasteiger partial charge < -0.3 is 10.4 Å². The Morgan fingerprint density at radius 2 is 2.11 bits per heavy atom. The monoisotopic (exact) mass is 264 g/mol. The molecule has 0 bridgehead atoms. The van der Waals surface area contributed by atoms with Crippen LogP contribution < -0.4 is 15.2 Å². The molecular formula is C13H18N3O3+. The van der Waals surface area contributed by atoms with Gasteiger partial charge in [-0.05, 0) is 18.9 Å². The van der Waals surface area contributed by atoms with Gasteiger partial charge >= 0.3 is 6.03 Å². The van der Waals surface area contributed by atoms with E-state index in [0.29, 0.717) is 0 Å². The number of rotatable bonds is 3. The molecule has 0 atom stereocenters. The van der Waals surface area contributed by atoms with Crippen molar-refractivity contribution in [2.75, 3.05) is 0 Å². The molecule has 1 heterocycles. The highest BCUT2D eigenvalue weighted by Gasteiger charge is 2.19. The van der Waals surface area contributed by atoms with Gasteiger partial charge in [-0.2, -0.15) is 4.57 Å². The van der Waals surface area contributed by atoms with Crippen LogP contribution in [0.25, 0.3) is 0 Å². The second-order valence-corrected chi connectivity index (χ2v) is 4.74. The molecule has 0 unspecified atom stereocenters. The lowest BCUT2D eigenvalue weighted by molar-refractivity contribution is -0.684. The number of carbonyl (C=O) groups is 2. The Morgan fingerprint density at radius 1 is 1.37 bits per heavy atom. The minimum Gasteiger partial charge on any atom is -0.503 e. The molecule has 3 N–H and O–H groups in total. The maximum absolute atomic E-state index is 11.6. The SMILES string of the molecule is O=C(C[n+]1cccc(O)c1)NC(=O)NC1CCCC1. The number of amides is 3. The fourth-order valence-electron chi connectivity index (χ4n) is 2.23. The van der Waals surface area contributed by atoms with Crippen molar-refractivity contribution in [1.29, 1.82) is 0 Å². The molecule has 19 heavy (non-hydrogen) atoms. The third-order valence-electron chi connectivity index (χ3n) is 3.11. The summed E-state index contributed by atoms with van der Waals surface area (Å²) in [5.74, 6) is -0.336. The lowest BCUT2D eigenvalue weighted by Gasteiger charge is -2.11. The molecule has 6 nitrogen and oxygen atoms in total. The second-order valence-electron chi connectivity index (χ2n) is 4.74. The van der Waals surface area contributed by atoms with Gasteiger partial charge in [-0.15, -0.1) is 0 Å². The molecule has 6 heteroatoms. The van der Waals surface area contributed by atoms with E-state index in [2.05, 4.69) is 10.6 Å². The number of pyridine rings is 1. The molecular weight excluding hydrogens is 246 g/mol. The zero-order chi connectivity index (χ0) is 13.7. The zero-order valence-electron chi connectivity index (χ0n) is 10.6. The fraction of sp³-hybridized carbons (Fsp3) is 0.462. The van der Waals surface area contributed by atoms with Crippen molar-refractivity contribution in [2.45, 2.75) is 38.3 Å². The third-order valence-corrected chi connectivity index (χ3v) is 3.11. The van der Waals surface area contributed by atoms with Gasteiger partial charge in [0.2, 0.25) is 12.7 Å². The van der Waals surface area contributed by atoms with E-state index in [-0.39, 0.29) is 18.3 Å². The smallest absolute Gasteiger partial charge is 0.321 e. The predicted molar refractivity (Wildman–Crippen MR) is 67.2 cm³/mol. The van der Waals surface area contributed by atoms with Crippen LogP contribution in [0, 0.1) is 0 Å². The highest BCUT2D eigenvalue weighted by Crippen LogP contribution is 2.17. The molecule has 1 aromatic rings. The number of imide groups is 1. The summed E-state index contributed by atoms with van der Waals surface area (Å²) < 4.78 is 1.51. The van der Waals surface area contributed by atoms with Crippen LogP contribution in [0.5, 0.6) is 5.75 Å². The summed E-state index contributed by atoms with van der Waals surface area (Å²) in [4.78, 5) is 23.2. The van der Waals surface area contributed by atoms with E-state index in [9.17, 15) is 14.7 Å². The molecule has 1 aliphatic carbocycles. The Hall–Kier alpha value is -2.11. The van der Waals surface area contributed by atoms with E-state index in [0.717, 1.165) is 25.7 Å². The second kappa shape index (κ2) is 6.17. The van der Waals surface area contributed by atoms with Crippen LogP contribution in [0.1, 0.15) is 25.7 Å². The molecule has 0 aliphatic heterocycles. The van der Waals surface area contributed by atoms with Crippen LogP contribution in [0.2, 0.25) is 0 Å². The van der Waals surface area contributed by atoms with Crippen LogP contribution in [0.3, 0.4) is 0 Å². The largest absolute Gasteiger partial charge is 0.503 e. The zero-order valence-corrected chi connectivity index (χ0v) is 10.6. The van der Waals surface area contributed by atoms with E-state index in [1.54, 1.807) is 12.3 Å². The molecule has 0 spiro atoms. The minimum atomic E-state index is -0.447. The summed E-state index contributed by atoms with van der Waals surface area (Å²) in [6.07, 6.45) is 7.27. The number of nitrogens with zero attached hydrogens (tertiary/aromatic N) is 1. The topological polar surface area (TPSA) is 82.3 Å². The summed E-state index contributed by atoms with van der Waals surface area (Å²) in [5.41, 5.74) is 0. The lowest BCUT2D eigenvalue weighted by atomic mass is 10.2. The number of aromatic nitrogens is 1. The van der Waals surface area contributed by atoms with Crippen molar-refractivity contribution < 1.29 is 19.3 Å². The van der Waals surface area contributed by atoms with Crippen molar-refractivity contribution in [2.24, 2.45) is 0 Å². The van der Waals surface area contributed by atoms with Crippen molar-refractivity contribution in [3.63, 3.8) is 0 Å². The van der Waals surface area contributed by atoms with E-state index >= 15 is 0 Å².